The molecule has 1 aliphatic rings. The normalized spacial score (nSPS) is 17.6. The van der Waals surface area contributed by atoms with E-state index in [1.807, 2.05) is 12.3 Å². The number of amides is 1. The Hall–Kier alpha value is -2.85. The van der Waals surface area contributed by atoms with Gasteiger partial charge in [-0.2, -0.15) is 4.99 Å². The number of carboxylic acid groups (broad SMARTS) is 1. The summed E-state index contributed by atoms with van der Waals surface area (Å²) in [6, 6.07) is 5.08. The first-order valence-corrected chi connectivity index (χ1v) is 10.8. The monoisotopic (exact) mass is 447 g/mol. The highest BCUT2D eigenvalue weighted by atomic mass is 32.2. The number of aliphatic imine (C=N–C) groups is 1. The number of hydrogen-bond donors (Lipinski definition) is 1. The van der Waals surface area contributed by atoms with Crippen LogP contribution in [0.1, 0.15) is 24.6 Å². The number of aromatic nitrogens is 1. The SMILES string of the molecule is CCC(Oc1ccc(/C=C2/S/C(=N/c3nc(C)cs3)N(C)C2=O)cc1OC)C(=O)O. The Morgan fingerprint density at radius 1 is 1.40 bits per heavy atom. The van der Waals surface area contributed by atoms with Gasteiger partial charge in [-0.25, -0.2) is 9.78 Å². The number of nitrogens with zero attached hydrogens (tertiary/aromatic N) is 3. The Labute approximate surface area is 182 Å². The summed E-state index contributed by atoms with van der Waals surface area (Å²) in [5.74, 6) is -0.481. The Morgan fingerprint density at radius 3 is 2.77 bits per heavy atom. The third-order valence-corrected chi connectivity index (χ3v) is 6.12. The van der Waals surface area contributed by atoms with Crippen LogP contribution in [0.3, 0.4) is 0 Å². The summed E-state index contributed by atoms with van der Waals surface area (Å²) in [5, 5.41) is 12.3. The van der Waals surface area contributed by atoms with E-state index in [2.05, 4.69) is 9.98 Å². The maximum Gasteiger partial charge on any atom is 0.344 e. The lowest BCUT2D eigenvalue weighted by Crippen LogP contribution is -2.26. The summed E-state index contributed by atoms with van der Waals surface area (Å²) < 4.78 is 10.9. The van der Waals surface area contributed by atoms with Crippen LogP contribution in [0.4, 0.5) is 5.13 Å². The van der Waals surface area contributed by atoms with Crippen molar-refractivity contribution < 1.29 is 24.2 Å². The number of methoxy groups -OCH3 is 1. The zero-order chi connectivity index (χ0) is 21.8. The van der Waals surface area contributed by atoms with Crippen molar-refractivity contribution in [2.45, 2.75) is 26.4 Å². The first-order chi connectivity index (χ1) is 14.3. The number of thioether (sulfide) groups is 1. The van der Waals surface area contributed by atoms with E-state index < -0.39 is 12.1 Å². The van der Waals surface area contributed by atoms with Crippen LogP contribution in [0, 0.1) is 6.92 Å². The molecule has 1 aromatic carbocycles. The predicted molar refractivity (Wildman–Crippen MR) is 118 cm³/mol. The molecule has 1 N–H and O–H groups in total. The van der Waals surface area contributed by atoms with Crippen LogP contribution in [0.5, 0.6) is 11.5 Å². The van der Waals surface area contributed by atoms with Gasteiger partial charge in [0.15, 0.2) is 22.8 Å². The second-order valence-corrected chi connectivity index (χ2v) is 8.25. The lowest BCUT2D eigenvalue weighted by Gasteiger charge is -2.16. The van der Waals surface area contributed by atoms with Crippen LogP contribution < -0.4 is 9.47 Å². The molecule has 0 aliphatic carbocycles. The van der Waals surface area contributed by atoms with Crippen molar-refractivity contribution in [3.63, 3.8) is 0 Å². The summed E-state index contributed by atoms with van der Waals surface area (Å²) in [5.41, 5.74) is 1.60. The quantitative estimate of drug-likeness (QED) is 0.642. The molecule has 1 amide bonds. The Balaban J connectivity index is 1.84. The van der Waals surface area contributed by atoms with Gasteiger partial charge in [-0.15, -0.1) is 11.3 Å². The maximum absolute atomic E-state index is 12.6. The van der Waals surface area contributed by atoms with Crippen molar-refractivity contribution in [1.82, 2.24) is 9.88 Å². The molecule has 0 saturated carbocycles. The Bertz CT molecular complexity index is 1030. The molecule has 1 atom stereocenters. The third-order valence-electron chi connectivity index (χ3n) is 4.20. The highest BCUT2D eigenvalue weighted by Gasteiger charge is 2.30. The number of likely N-dealkylation sites (N-methyl/N-ethyl adjacent to an activating group) is 1. The lowest BCUT2D eigenvalue weighted by molar-refractivity contribution is -0.145. The van der Waals surface area contributed by atoms with Gasteiger partial charge in [-0.1, -0.05) is 13.0 Å². The number of carbonyl (C=O) groups excluding carboxylic acids is 1. The average molecular weight is 448 g/mol. The molecule has 3 rings (SSSR count). The van der Waals surface area contributed by atoms with E-state index in [-0.39, 0.29) is 5.91 Å². The van der Waals surface area contributed by atoms with Gasteiger partial charge in [0, 0.05) is 12.4 Å². The van der Waals surface area contributed by atoms with E-state index in [1.54, 1.807) is 38.2 Å². The van der Waals surface area contributed by atoms with E-state index in [0.29, 0.717) is 33.1 Å². The van der Waals surface area contributed by atoms with Crippen LogP contribution in [0.2, 0.25) is 0 Å². The maximum atomic E-state index is 12.6. The molecule has 8 nitrogen and oxygen atoms in total. The number of carbonyl (C=O) groups is 2. The smallest absolute Gasteiger partial charge is 0.344 e. The molecule has 2 aromatic rings. The highest BCUT2D eigenvalue weighted by molar-refractivity contribution is 8.18. The first-order valence-electron chi connectivity index (χ1n) is 9.08. The van der Waals surface area contributed by atoms with E-state index >= 15 is 0 Å². The van der Waals surface area contributed by atoms with Crippen molar-refractivity contribution >= 4 is 51.4 Å². The molecule has 158 valence electrons. The summed E-state index contributed by atoms with van der Waals surface area (Å²) in [4.78, 5) is 34.6. The van der Waals surface area contributed by atoms with Crippen molar-refractivity contribution in [2.24, 2.45) is 4.99 Å². The molecule has 0 spiro atoms. The lowest BCUT2D eigenvalue weighted by atomic mass is 10.1. The molecule has 0 bridgehead atoms. The fourth-order valence-corrected chi connectivity index (χ4v) is 4.30. The molecule has 1 saturated heterocycles. The van der Waals surface area contributed by atoms with Gasteiger partial charge in [0.25, 0.3) is 5.91 Å². The number of ether oxygens (including phenoxy) is 2. The zero-order valence-electron chi connectivity index (χ0n) is 16.9. The number of thiazole rings is 1. The van der Waals surface area contributed by atoms with Crippen LogP contribution in [-0.2, 0) is 9.59 Å². The van der Waals surface area contributed by atoms with Gasteiger partial charge >= 0.3 is 5.97 Å². The van der Waals surface area contributed by atoms with Crippen LogP contribution in [-0.4, -0.2) is 52.3 Å². The molecule has 1 aromatic heterocycles. The topological polar surface area (TPSA) is 101 Å². The predicted octanol–water partition coefficient (Wildman–Crippen LogP) is 3.94. The molecular weight excluding hydrogens is 426 g/mol. The Morgan fingerprint density at radius 2 is 2.17 bits per heavy atom. The van der Waals surface area contributed by atoms with Gasteiger partial charge in [-0.05, 0) is 48.9 Å². The highest BCUT2D eigenvalue weighted by Crippen LogP contribution is 2.35. The largest absolute Gasteiger partial charge is 0.493 e. The summed E-state index contributed by atoms with van der Waals surface area (Å²) in [6.07, 6.45) is 1.10. The molecule has 30 heavy (non-hydrogen) atoms. The molecule has 10 heteroatoms. The number of benzene rings is 1. The minimum atomic E-state index is -1.04. The van der Waals surface area contributed by atoms with Crippen LogP contribution >= 0.6 is 23.1 Å². The second-order valence-electron chi connectivity index (χ2n) is 6.40. The van der Waals surface area contributed by atoms with Gasteiger partial charge in [-0.3, -0.25) is 9.69 Å². The number of aliphatic carboxylic acids is 1. The minimum absolute atomic E-state index is 0.164. The molecule has 2 heterocycles. The van der Waals surface area contributed by atoms with E-state index in [9.17, 15) is 14.7 Å². The summed E-state index contributed by atoms with van der Waals surface area (Å²) in [7, 11) is 3.15. The average Bonchev–Trinajstić information content (AvgIpc) is 3.24. The summed E-state index contributed by atoms with van der Waals surface area (Å²) >= 11 is 2.68. The standard InChI is InChI=1S/C20H21N3O5S2/c1-5-13(18(25)26)28-14-7-6-12(8-15(14)27-4)9-16-17(24)23(3)20(30-16)22-19-21-11(2)10-29-19/h6-10,13H,5H2,1-4H3,(H,25,26)/b16-9+,22-20+. The number of amidine groups is 1. The van der Waals surface area contributed by atoms with Crippen molar-refractivity contribution in [1.29, 1.82) is 0 Å². The van der Waals surface area contributed by atoms with E-state index in [4.69, 9.17) is 9.47 Å². The number of hydrogen-bond acceptors (Lipinski definition) is 8. The van der Waals surface area contributed by atoms with Gasteiger partial charge in [0.1, 0.15) is 0 Å². The molecule has 1 fully saturated rings. The van der Waals surface area contributed by atoms with Gasteiger partial charge in [0.05, 0.1) is 17.7 Å². The van der Waals surface area contributed by atoms with E-state index in [1.165, 1.54) is 35.1 Å². The van der Waals surface area contributed by atoms with Crippen molar-refractivity contribution in [2.75, 3.05) is 14.2 Å². The number of carboxylic acids is 1. The minimum Gasteiger partial charge on any atom is -0.493 e. The van der Waals surface area contributed by atoms with Gasteiger partial charge in [0.2, 0.25) is 5.13 Å². The molecule has 0 radical (unpaired) electrons. The van der Waals surface area contributed by atoms with Crippen LogP contribution in [0.15, 0.2) is 33.5 Å². The summed E-state index contributed by atoms with van der Waals surface area (Å²) in [6.45, 7) is 3.62. The second kappa shape index (κ2) is 9.31. The van der Waals surface area contributed by atoms with Gasteiger partial charge < -0.3 is 14.6 Å². The fourth-order valence-electron chi connectivity index (χ4n) is 2.61. The number of aryl methyl sites for hydroxylation is 1. The fraction of sp³-hybridized carbons (Fsp3) is 0.300. The molecule has 1 unspecified atom stereocenters. The molecule has 1 aliphatic heterocycles. The first kappa shape index (κ1) is 21.8. The Kier molecular flexibility index (Phi) is 6.78. The third kappa shape index (κ3) is 4.82. The number of rotatable bonds is 7. The van der Waals surface area contributed by atoms with Crippen molar-refractivity contribution in [3.05, 3.63) is 39.7 Å². The zero-order valence-corrected chi connectivity index (χ0v) is 18.5. The van der Waals surface area contributed by atoms with Crippen molar-refractivity contribution in [3.8, 4) is 11.5 Å². The molecular formula is C20H21N3O5S2. The van der Waals surface area contributed by atoms with Crippen LogP contribution in [0.25, 0.3) is 6.08 Å². The van der Waals surface area contributed by atoms with E-state index in [0.717, 1.165) is 11.3 Å².